The summed E-state index contributed by atoms with van der Waals surface area (Å²) in [6.45, 7) is 12.7. The topological polar surface area (TPSA) is 158 Å². The summed E-state index contributed by atoms with van der Waals surface area (Å²) >= 11 is 0. The SMILES string of the molecule is CCCCCCC(CCC(CCCCCCCC(=O)OCCCOC(=O)CCCCCCCCC(CCC(CCCCC)OC(=O)CCC)OC(=O)CCC)OC(=O)CCC)OC(=O)CCC. The number of hydrogen-bond acceptors (Lipinski definition) is 12. The molecule has 0 aromatic rings. The van der Waals surface area contributed by atoms with E-state index in [0.717, 1.165) is 161 Å². The molecule has 0 heterocycles. The molecular weight excluding hydrogens is 853 g/mol. The summed E-state index contributed by atoms with van der Waals surface area (Å²) < 4.78 is 34.1. The van der Waals surface area contributed by atoms with Crippen molar-refractivity contribution in [2.75, 3.05) is 13.2 Å². The van der Waals surface area contributed by atoms with Gasteiger partial charge in [0.15, 0.2) is 0 Å². The van der Waals surface area contributed by atoms with E-state index < -0.39 is 0 Å². The molecule has 0 aliphatic heterocycles. The monoisotopic (exact) mass is 953 g/mol. The van der Waals surface area contributed by atoms with Gasteiger partial charge in [-0.1, -0.05) is 119 Å². The van der Waals surface area contributed by atoms with Crippen molar-refractivity contribution in [3.63, 3.8) is 0 Å². The Labute approximate surface area is 408 Å². The van der Waals surface area contributed by atoms with Gasteiger partial charge in [0, 0.05) is 44.9 Å². The lowest BCUT2D eigenvalue weighted by Gasteiger charge is -2.22. The van der Waals surface area contributed by atoms with Gasteiger partial charge in [0.1, 0.15) is 24.4 Å². The molecule has 0 aliphatic rings. The van der Waals surface area contributed by atoms with Gasteiger partial charge in [0.25, 0.3) is 0 Å². The van der Waals surface area contributed by atoms with Crippen molar-refractivity contribution >= 4 is 35.8 Å². The summed E-state index contributed by atoms with van der Waals surface area (Å²) in [4.78, 5) is 73.8. The van der Waals surface area contributed by atoms with Gasteiger partial charge in [-0.3, -0.25) is 28.8 Å². The Hall–Kier alpha value is -3.18. The third kappa shape index (κ3) is 41.5. The van der Waals surface area contributed by atoms with Gasteiger partial charge in [-0.2, -0.15) is 0 Å². The number of esters is 6. The predicted molar refractivity (Wildman–Crippen MR) is 266 cm³/mol. The second kappa shape index (κ2) is 46.5. The molecule has 0 aromatic heterocycles. The fourth-order valence-electron chi connectivity index (χ4n) is 8.10. The Bertz CT molecular complexity index is 1240. The molecule has 4 atom stereocenters. The molecule has 0 saturated carbocycles. The molecule has 12 heteroatoms. The van der Waals surface area contributed by atoms with Crippen molar-refractivity contribution in [2.24, 2.45) is 0 Å². The minimum atomic E-state index is -0.234. The lowest BCUT2D eigenvalue weighted by Crippen LogP contribution is -2.23. The van der Waals surface area contributed by atoms with Crippen molar-refractivity contribution in [1.82, 2.24) is 0 Å². The first-order valence-corrected chi connectivity index (χ1v) is 27.6. The summed E-state index contributed by atoms with van der Waals surface area (Å²) in [5, 5.41) is 0. The second-order valence-corrected chi connectivity index (χ2v) is 18.7. The lowest BCUT2D eigenvalue weighted by atomic mass is 10.00. The Morgan fingerprint density at radius 1 is 0.254 bits per heavy atom. The van der Waals surface area contributed by atoms with Crippen LogP contribution in [-0.4, -0.2) is 73.4 Å². The summed E-state index contributed by atoms with van der Waals surface area (Å²) in [6.07, 6.45) is 29.4. The summed E-state index contributed by atoms with van der Waals surface area (Å²) in [5.74, 6) is -1.07. The maximum atomic E-state index is 12.4. The zero-order valence-electron chi connectivity index (χ0n) is 43.8. The maximum Gasteiger partial charge on any atom is 0.306 e. The van der Waals surface area contributed by atoms with Gasteiger partial charge in [-0.25, -0.2) is 0 Å². The Morgan fingerprint density at radius 2 is 0.507 bits per heavy atom. The number of unbranched alkanes of at least 4 members (excludes halogenated alkanes) is 14. The van der Waals surface area contributed by atoms with Crippen LogP contribution in [0.15, 0.2) is 0 Å². The number of carbonyl (C=O) groups is 6. The molecule has 0 aromatic carbocycles. The Balaban J connectivity index is 4.28. The van der Waals surface area contributed by atoms with E-state index in [1.165, 1.54) is 6.42 Å². The highest BCUT2D eigenvalue weighted by atomic mass is 16.6. The average molecular weight is 953 g/mol. The first kappa shape index (κ1) is 63.8. The van der Waals surface area contributed by atoms with Gasteiger partial charge in [-0.15, -0.1) is 0 Å². The summed E-state index contributed by atoms with van der Waals surface area (Å²) in [5.41, 5.74) is 0. The van der Waals surface area contributed by atoms with Gasteiger partial charge in [-0.05, 0) is 116 Å². The number of carbonyl (C=O) groups excluding carboxylic acids is 6. The number of hydrogen-bond donors (Lipinski definition) is 0. The van der Waals surface area contributed by atoms with E-state index in [-0.39, 0.29) is 73.4 Å². The maximum absolute atomic E-state index is 12.4. The molecule has 0 N–H and O–H groups in total. The quantitative estimate of drug-likeness (QED) is 0.0323. The van der Waals surface area contributed by atoms with Crippen molar-refractivity contribution < 1.29 is 57.2 Å². The van der Waals surface area contributed by atoms with Crippen LogP contribution in [0, 0.1) is 0 Å². The molecule has 0 radical (unpaired) electrons. The second-order valence-electron chi connectivity index (χ2n) is 18.7. The van der Waals surface area contributed by atoms with E-state index >= 15 is 0 Å². The smallest absolute Gasteiger partial charge is 0.306 e. The van der Waals surface area contributed by atoms with Gasteiger partial charge in [0.05, 0.1) is 13.2 Å². The van der Waals surface area contributed by atoms with Crippen LogP contribution in [0.1, 0.15) is 279 Å². The lowest BCUT2D eigenvalue weighted by molar-refractivity contribution is -0.154. The third-order valence-electron chi connectivity index (χ3n) is 12.0. The van der Waals surface area contributed by atoms with E-state index in [4.69, 9.17) is 28.4 Å². The molecule has 67 heavy (non-hydrogen) atoms. The first-order chi connectivity index (χ1) is 32.5. The van der Waals surface area contributed by atoms with Crippen LogP contribution in [0.4, 0.5) is 0 Å². The molecule has 392 valence electrons. The molecule has 4 unspecified atom stereocenters. The van der Waals surface area contributed by atoms with Gasteiger partial charge < -0.3 is 28.4 Å². The molecule has 0 bridgehead atoms. The van der Waals surface area contributed by atoms with Crippen LogP contribution in [0.2, 0.25) is 0 Å². The molecular formula is C55H100O12. The van der Waals surface area contributed by atoms with Crippen molar-refractivity contribution in [1.29, 1.82) is 0 Å². The number of ether oxygens (including phenoxy) is 6. The molecule has 12 nitrogen and oxygen atoms in total. The molecule has 0 spiro atoms. The summed E-state index contributed by atoms with van der Waals surface area (Å²) in [7, 11) is 0. The molecule has 0 fully saturated rings. The normalized spacial score (nSPS) is 13.0. The fraction of sp³-hybridized carbons (Fsp3) is 0.891. The molecule has 0 amide bonds. The van der Waals surface area contributed by atoms with Crippen LogP contribution >= 0.6 is 0 Å². The van der Waals surface area contributed by atoms with E-state index in [0.29, 0.717) is 70.6 Å². The first-order valence-electron chi connectivity index (χ1n) is 27.6. The predicted octanol–water partition coefficient (Wildman–Crippen LogP) is 14.3. The van der Waals surface area contributed by atoms with Crippen molar-refractivity contribution in [3.05, 3.63) is 0 Å². The van der Waals surface area contributed by atoms with E-state index in [2.05, 4.69) is 13.8 Å². The van der Waals surface area contributed by atoms with Crippen LogP contribution in [0.5, 0.6) is 0 Å². The van der Waals surface area contributed by atoms with E-state index in [1.54, 1.807) is 0 Å². The van der Waals surface area contributed by atoms with Crippen LogP contribution in [0.3, 0.4) is 0 Å². The van der Waals surface area contributed by atoms with Gasteiger partial charge in [0.2, 0.25) is 0 Å². The van der Waals surface area contributed by atoms with Crippen LogP contribution < -0.4 is 0 Å². The number of rotatable bonds is 48. The molecule has 0 rings (SSSR count). The third-order valence-corrected chi connectivity index (χ3v) is 12.0. The molecule has 0 saturated heterocycles. The minimum Gasteiger partial charge on any atom is -0.466 e. The zero-order chi connectivity index (χ0) is 49.6. The highest BCUT2D eigenvalue weighted by Gasteiger charge is 2.22. The minimum absolute atomic E-state index is 0.129. The van der Waals surface area contributed by atoms with E-state index in [1.807, 2.05) is 27.7 Å². The van der Waals surface area contributed by atoms with Gasteiger partial charge >= 0.3 is 35.8 Å². The molecule has 0 aliphatic carbocycles. The largest absolute Gasteiger partial charge is 0.466 e. The average Bonchev–Trinajstić information content (AvgIpc) is 3.29. The standard InChI is InChI=1S/C55H100O12/c1-7-13-15-24-35-47(65-53(59)31-10-4)42-43-49(67-55(61)33-12-6)37-26-20-18-22-28-39-51(57)63-45-29-44-62-50(56)38-27-21-17-16-19-25-36-48(66-54(60)32-11-5)41-40-46(34-23-14-8-2)64-52(58)30-9-3/h46-49H,7-45H2,1-6H3. The highest BCUT2D eigenvalue weighted by Crippen LogP contribution is 2.23. The van der Waals surface area contributed by atoms with Crippen molar-refractivity contribution in [3.8, 4) is 0 Å². The zero-order valence-corrected chi connectivity index (χ0v) is 43.8. The summed E-state index contributed by atoms with van der Waals surface area (Å²) in [6, 6.07) is 0. The van der Waals surface area contributed by atoms with Crippen LogP contribution in [0.25, 0.3) is 0 Å². The Morgan fingerprint density at radius 3 is 0.806 bits per heavy atom. The fourth-order valence-corrected chi connectivity index (χ4v) is 8.10. The van der Waals surface area contributed by atoms with Crippen molar-refractivity contribution in [2.45, 2.75) is 304 Å². The van der Waals surface area contributed by atoms with E-state index in [9.17, 15) is 28.8 Å². The van der Waals surface area contributed by atoms with Crippen LogP contribution in [-0.2, 0) is 57.2 Å². The Kier molecular flexibility index (Phi) is 44.3. The highest BCUT2D eigenvalue weighted by molar-refractivity contribution is 5.71.